The minimum absolute atomic E-state index is 0.151. The Bertz CT molecular complexity index is 598. The molecule has 0 heterocycles. The van der Waals surface area contributed by atoms with Crippen LogP contribution in [0.2, 0.25) is 5.02 Å². The van der Waals surface area contributed by atoms with Gasteiger partial charge in [-0.3, -0.25) is 4.79 Å². The summed E-state index contributed by atoms with van der Waals surface area (Å²) in [4.78, 5) is 12.0. The molecule has 0 bridgehead atoms. The van der Waals surface area contributed by atoms with Crippen molar-refractivity contribution in [1.82, 2.24) is 0 Å². The van der Waals surface area contributed by atoms with Gasteiger partial charge in [0, 0.05) is 19.8 Å². The van der Waals surface area contributed by atoms with Gasteiger partial charge in [-0.15, -0.1) is 0 Å². The number of hydrogen-bond donors (Lipinski definition) is 1. The molecule has 0 atom stereocenters. The molecule has 0 fully saturated rings. The van der Waals surface area contributed by atoms with E-state index in [1.165, 1.54) is 0 Å². The van der Waals surface area contributed by atoms with Crippen LogP contribution in [0.25, 0.3) is 0 Å². The fraction of sp³-hybridized carbons (Fsp3) is 0.0714. The van der Waals surface area contributed by atoms with Crippen molar-refractivity contribution < 1.29 is 4.79 Å². The predicted octanol–water partition coefficient (Wildman–Crippen LogP) is 4.51. The molecule has 2 rings (SSSR count). The topological polar surface area (TPSA) is 29.1 Å². The normalized spacial score (nSPS) is 10.2. The highest BCUT2D eigenvalue weighted by molar-refractivity contribution is 14.1. The summed E-state index contributed by atoms with van der Waals surface area (Å²) in [6.45, 7) is 1.97. The van der Waals surface area contributed by atoms with Crippen LogP contribution in [0.1, 0.15) is 15.9 Å². The monoisotopic (exact) mass is 371 g/mol. The minimum atomic E-state index is -0.151. The van der Waals surface area contributed by atoms with Gasteiger partial charge in [-0.1, -0.05) is 17.7 Å². The average Bonchev–Trinajstić information content (AvgIpc) is 2.32. The maximum absolute atomic E-state index is 12.0. The summed E-state index contributed by atoms with van der Waals surface area (Å²) in [6.07, 6.45) is 0. The van der Waals surface area contributed by atoms with Crippen LogP contribution in [-0.2, 0) is 0 Å². The van der Waals surface area contributed by atoms with Gasteiger partial charge < -0.3 is 5.32 Å². The van der Waals surface area contributed by atoms with E-state index < -0.39 is 0 Å². The van der Waals surface area contributed by atoms with Crippen molar-refractivity contribution in [2.24, 2.45) is 0 Å². The zero-order valence-corrected chi connectivity index (χ0v) is 12.6. The first kappa shape index (κ1) is 13.4. The molecular formula is C14H11ClINO. The van der Waals surface area contributed by atoms with E-state index in [0.29, 0.717) is 10.6 Å². The third kappa shape index (κ3) is 3.23. The fourth-order valence-electron chi connectivity index (χ4n) is 1.59. The van der Waals surface area contributed by atoms with E-state index in [4.69, 9.17) is 11.6 Å². The molecule has 2 aromatic carbocycles. The van der Waals surface area contributed by atoms with Gasteiger partial charge in [0.1, 0.15) is 0 Å². The second-order valence-corrected chi connectivity index (χ2v) is 5.61. The lowest BCUT2D eigenvalue weighted by atomic mass is 10.1. The Morgan fingerprint density at radius 1 is 1.22 bits per heavy atom. The molecule has 0 spiro atoms. The van der Waals surface area contributed by atoms with Crippen molar-refractivity contribution >= 4 is 45.8 Å². The molecule has 4 heteroatoms. The van der Waals surface area contributed by atoms with Gasteiger partial charge in [0.2, 0.25) is 0 Å². The van der Waals surface area contributed by atoms with Crippen LogP contribution in [0, 0.1) is 10.5 Å². The summed E-state index contributed by atoms with van der Waals surface area (Å²) < 4.78 is 1.14. The Labute approximate surface area is 124 Å². The largest absolute Gasteiger partial charge is 0.322 e. The van der Waals surface area contributed by atoms with Crippen LogP contribution in [0.3, 0.4) is 0 Å². The number of anilines is 1. The molecule has 0 aliphatic heterocycles. The highest BCUT2D eigenvalue weighted by atomic mass is 127. The van der Waals surface area contributed by atoms with Crippen molar-refractivity contribution in [3.8, 4) is 0 Å². The summed E-state index contributed by atoms with van der Waals surface area (Å²) in [5, 5.41) is 3.44. The summed E-state index contributed by atoms with van der Waals surface area (Å²) in [5.74, 6) is -0.151. The summed E-state index contributed by atoms with van der Waals surface area (Å²) >= 11 is 8.10. The Kier molecular flexibility index (Phi) is 4.24. The summed E-state index contributed by atoms with van der Waals surface area (Å²) in [6, 6.07) is 12.8. The SMILES string of the molecule is Cc1cc(I)ccc1NC(=O)c1cccc(Cl)c1. The minimum Gasteiger partial charge on any atom is -0.322 e. The molecule has 1 N–H and O–H groups in total. The van der Waals surface area contributed by atoms with Crippen molar-refractivity contribution in [2.75, 3.05) is 5.32 Å². The molecule has 2 aromatic rings. The van der Waals surface area contributed by atoms with E-state index in [9.17, 15) is 4.79 Å². The van der Waals surface area contributed by atoms with Crippen LogP contribution in [0.4, 0.5) is 5.69 Å². The van der Waals surface area contributed by atoms with Gasteiger partial charge in [-0.2, -0.15) is 0 Å². The van der Waals surface area contributed by atoms with Gasteiger partial charge in [0.05, 0.1) is 0 Å². The van der Waals surface area contributed by atoms with Crippen molar-refractivity contribution in [1.29, 1.82) is 0 Å². The van der Waals surface area contributed by atoms with Crippen molar-refractivity contribution in [3.63, 3.8) is 0 Å². The molecule has 0 aromatic heterocycles. The van der Waals surface area contributed by atoms with Crippen LogP contribution in [-0.4, -0.2) is 5.91 Å². The first-order chi connectivity index (χ1) is 8.56. The lowest BCUT2D eigenvalue weighted by Crippen LogP contribution is -2.12. The molecule has 2 nitrogen and oxygen atoms in total. The van der Waals surface area contributed by atoms with E-state index in [-0.39, 0.29) is 5.91 Å². The first-order valence-electron chi connectivity index (χ1n) is 5.39. The molecule has 0 saturated carbocycles. The Morgan fingerprint density at radius 3 is 2.67 bits per heavy atom. The van der Waals surface area contributed by atoms with Crippen LogP contribution in [0.5, 0.6) is 0 Å². The highest BCUT2D eigenvalue weighted by Crippen LogP contribution is 2.19. The smallest absolute Gasteiger partial charge is 0.255 e. The number of hydrogen-bond acceptors (Lipinski definition) is 1. The maximum atomic E-state index is 12.0. The number of rotatable bonds is 2. The number of nitrogens with one attached hydrogen (secondary N) is 1. The molecule has 18 heavy (non-hydrogen) atoms. The molecular weight excluding hydrogens is 361 g/mol. The third-order valence-corrected chi connectivity index (χ3v) is 3.43. The molecule has 1 amide bonds. The van der Waals surface area contributed by atoms with Crippen LogP contribution >= 0.6 is 34.2 Å². The third-order valence-electron chi connectivity index (χ3n) is 2.52. The van der Waals surface area contributed by atoms with Gasteiger partial charge in [-0.25, -0.2) is 0 Å². The second kappa shape index (κ2) is 5.71. The van der Waals surface area contributed by atoms with Crippen LogP contribution < -0.4 is 5.32 Å². The number of carbonyl (C=O) groups is 1. The number of carbonyl (C=O) groups excluding carboxylic acids is 1. The molecule has 92 valence electrons. The standard InChI is InChI=1S/C14H11ClINO/c1-9-7-12(16)5-6-13(9)17-14(18)10-3-2-4-11(15)8-10/h2-8H,1H3,(H,17,18). The molecule has 0 unspecified atom stereocenters. The Hall–Kier alpha value is -1.07. The summed E-state index contributed by atoms with van der Waals surface area (Å²) in [7, 11) is 0. The van der Waals surface area contributed by atoms with E-state index in [2.05, 4.69) is 27.9 Å². The van der Waals surface area contributed by atoms with Gasteiger partial charge in [0.15, 0.2) is 0 Å². The number of benzene rings is 2. The number of amides is 1. The van der Waals surface area contributed by atoms with Gasteiger partial charge >= 0.3 is 0 Å². The number of aryl methyl sites for hydroxylation is 1. The van der Waals surface area contributed by atoms with Crippen molar-refractivity contribution in [2.45, 2.75) is 6.92 Å². The maximum Gasteiger partial charge on any atom is 0.255 e. The molecule has 0 saturated heterocycles. The first-order valence-corrected chi connectivity index (χ1v) is 6.85. The van der Waals surface area contributed by atoms with Crippen molar-refractivity contribution in [3.05, 3.63) is 62.2 Å². The van der Waals surface area contributed by atoms with Crippen LogP contribution in [0.15, 0.2) is 42.5 Å². The zero-order valence-electron chi connectivity index (χ0n) is 9.71. The molecule has 0 aliphatic rings. The van der Waals surface area contributed by atoms with E-state index in [0.717, 1.165) is 14.8 Å². The molecule has 0 radical (unpaired) electrons. The van der Waals surface area contributed by atoms with Gasteiger partial charge in [-0.05, 0) is 71.5 Å². The quantitative estimate of drug-likeness (QED) is 0.774. The van der Waals surface area contributed by atoms with E-state index in [1.807, 2.05) is 25.1 Å². The average molecular weight is 372 g/mol. The second-order valence-electron chi connectivity index (χ2n) is 3.92. The Balaban J connectivity index is 2.21. The van der Waals surface area contributed by atoms with E-state index in [1.54, 1.807) is 24.3 Å². The predicted molar refractivity (Wildman–Crippen MR) is 83.3 cm³/mol. The highest BCUT2D eigenvalue weighted by Gasteiger charge is 2.08. The zero-order chi connectivity index (χ0) is 13.1. The lowest BCUT2D eigenvalue weighted by Gasteiger charge is -2.09. The Morgan fingerprint density at radius 2 is 2.00 bits per heavy atom. The van der Waals surface area contributed by atoms with Gasteiger partial charge in [0.25, 0.3) is 5.91 Å². The molecule has 0 aliphatic carbocycles. The summed E-state index contributed by atoms with van der Waals surface area (Å²) in [5.41, 5.74) is 2.41. The van der Waals surface area contributed by atoms with E-state index >= 15 is 0 Å². The lowest BCUT2D eigenvalue weighted by molar-refractivity contribution is 0.102. The number of halogens is 2. The fourth-order valence-corrected chi connectivity index (χ4v) is 2.43.